The molecule has 126 valence electrons. The van der Waals surface area contributed by atoms with E-state index in [1.807, 2.05) is 0 Å². The standard InChI is InChI=1S/C16H18FNO4.ClH/c17-12-7-3-2-6-11(12)13-10-16(22-18-13)14(19)20-15(21-16)8-4-1-5-9-15;/h2-3,6-7,13,18H,1,4-5,8-10H2;1H/t13-,16-;/m1./s1. The van der Waals surface area contributed by atoms with E-state index in [9.17, 15) is 9.18 Å². The SMILES string of the molecule is O=C1OC2(CCCCC2)O[C@@]12C[C@H](c1ccccc1F)[NH2+]O2.[Cl-]. The van der Waals surface area contributed by atoms with Crippen LogP contribution in [0.2, 0.25) is 0 Å². The highest BCUT2D eigenvalue weighted by Gasteiger charge is 2.65. The molecular weight excluding hydrogens is 325 g/mol. The Morgan fingerprint density at radius 2 is 1.91 bits per heavy atom. The Balaban J connectivity index is 0.00000156. The molecule has 1 saturated carbocycles. The van der Waals surface area contributed by atoms with Crippen LogP contribution in [0, 0.1) is 5.82 Å². The van der Waals surface area contributed by atoms with Gasteiger partial charge in [-0.2, -0.15) is 10.3 Å². The fourth-order valence-corrected chi connectivity index (χ4v) is 3.64. The number of ether oxygens (including phenoxy) is 2. The summed E-state index contributed by atoms with van der Waals surface area (Å²) in [5, 5.41) is 0. The molecule has 7 heteroatoms. The van der Waals surface area contributed by atoms with Gasteiger partial charge in [-0.1, -0.05) is 24.6 Å². The zero-order valence-electron chi connectivity index (χ0n) is 12.6. The first kappa shape index (κ1) is 16.6. The highest BCUT2D eigenvalue weighted by atomic mass is 35.5. The van der Waals surface area contributed by atoms with E-state index >= 15 is 0 Å². The van der Waals surface area contributed by atoms with Gasteiger partial charge in [0.1, 0.15) is 5.82 Å². The monoisotopic (exact) mass is 343 g/mol. The molecule has 0 unspecified atom stereocenters. The highest BCUT2D eigenvalue weighted by molar-refractivity contribution is 5.80. The van der Waals surface area contributed by atoms with Gasteiger partial charge in [-0.05, 0) is 18.9 Å². The van der Waals surface area contributed by atoms with Crippen LogP contribution in [0.5, 0.6) is 0 Å². The molecule has 2 atom stereocenters. The van der Waals surface area contributed by atoms with E-state index < -0.39 is 17.5 Å². The lowest BCUT2D eigenvalue weighted by molar-refractivity contribution is -0.916. The summed E-state index contributed by atoms with van der Waals surface area (Å²) < 4.78 is 25.5. The molecule has 1 aliphatic carbocycles. The van der Waals surface area contributed by atoms with Gasteiger partial charge in [0, 0.05) is 18.4 Å². The molecule has 2 saturated heterocycles. The van der Waals surface area contributed by atoms with Gasteiger partial charge >= 0.3 is 11.8 Å². The molecule has 2 N–H and O–H groups in total. The zero-order valence-corrected chi connectivity index (χ0v) is 13.4. The summed E-state index contributed by atoms with van der Waals surface area (Å²) in [7, 11) is 0. The Morgan fingerprint density at radius 1 is 1.17 bits per heavy atom. The average molecular weight is 344 g/mol. The summed E-state index contributed by atoms with van der Waals surface area (Å²) in [4.78, 5) is 17.9. The minimum atomic E-state index is -1.40. The van der Waals surface area contributed by atoms with Crippen molar-refractivity contribution in [2.24, 2.45) is 0 Å². The number of nitrogens with two attached hydrogens (primary N) is 1. The topological polar surface area (TPSA) is 61.4 Å². The van der Waals surface area contributed by atoms with E-state index in [0.29, 0.717) is 18.4 Å². The van der Waals surface area contributed by atoms with Crippen LogP contribution in [0.25, 0.3) is 0 Å². The summed E-state index contributed by atoms with van der Waals surface area (Å²) >= 11 is 0. The van der Waals surface area contributed by atoms with Crippen molar-refractivity contribution < 1.29 is 41.4 Å². The fraction of sp³-hybridized carbons (Fsp3) is 0.562. The zero-order chi connectivity index (χ0) is 15.2. The van der Waals surface area contributed by atoms with Crippen molar-refractivity contribution in [3.05, 3.63) is 35.6 Å². The smallest absolute Gasteiger partial charge is 0.375 e. The molecule has 2 aliphatic heterocycles. The number of carbonyl (C=O) groups is 1. The van der Waals surface area contributed by atoms with E-state index in [-0.39, 0.29) is 30.7 Å². The maximum atomic E-state index is 13.9. The average Bonchev–Trinajstić information content (AvgIpc) is 3.03. The Labute approximate surface area is 139 Å². The summed E-state index contributed by atoms with van der Waals surface area (Å²) in [6, 6.07) is 6.21. The normalized spacial score (nSPS) is 32.0. The minimum Gasteiger partial charge on any atom is -1.00 e. The lowest BCUT2D eigenvalue weighted by Crippen LogP contribution is -3.00. The first-order valence-corrected chi connectivity index (χ1v) is 7.82. The largest absolute Gasteiger partial charge is 1.00 e. The molecule has 5 nitrogen and oxygen atoms in total. The lowest BCUT2D eigenvalue weighted by Gasteiger charge is -2.30. The van der Waals surface area contributed by atoms with Crippen molar-refractivity contribution in [3.8, 4) is 0 Å². The van der Waals surface area contributed by atoms with Gasteiger partial charge < -0.3 is 17.1 Å². The van der Waals surface area contributed by atoms with Gasteiger partial charge in [-0.3, -0.25) is 4.74 Å². The van der Waals surface area contributed by atoms with Crippen molar-refractivity contribution in [2.75, 3.05) is 0 Å². The van der Waals surface area contributed by atoms with Crippen LogP contribution in [-0.4, -0.2) is 17.5 Å². The number of hydrogen-bond donors (Lipinski definition) is 1. The molecule has 0 bridgehead atoms. The first-order valence-electron chi connectivity index (χ1n) is 7.82. The number of benzene rings is 1. The molecule has 2 spiro atoms. The Kier molecular flexibility index (Phi) is 4.35. The number of rotatable bonds is 1. The van der Waals surface area contributed by atoms with E-state index in [1.54, 1.807) is 18.2 Å². The summed E-state index contributed by atoms with van der Waals surface area (Å²) in [5.74, 6) is -3.02. The third-order valence-electron chi connectivity index (χ3n) is 4.77. The van der Waals surface area contributed by atoms with Crippen LogP contribution in [0.1, 0.15) is 50.1 Å². The molecule has 4 rings (SSSR count). The van der Waals surface area contributed by atoms with Gasteiger partial charge in [0.2, 0.25) is 5.79 Å². The van der Waals surface area contributed by atoms with Gasteiger partial charge in [0.15, 0.2) is 6.04 Å². The number of esters is 1. The first-order chi connectivity index (χ1) is 10.6. The molecule has 23 heavy (non-hydrogen) atoms. The van der Waals surface area contributed by atoms with Gasteiger partial charge in [-0.25, -0.2) is 9.18 Å². The lowest BCUT2D eigenvalue weighted by atomic mass is 9.94. The van der Waals surface area contributed by atoms with Gasteiger partial charge in [0.25, 0.3) is 0 Å². The number of hydroxylamine groups is 1. The molecule has 1 aromatic rings. The second kappa shape index (κ2) is 6.02. The van der Waals surface area contributed by atoms with E-state index in [0.717, 1.165) is 19.3 Å². The van der Waals surface area contributed by atoms with Crippen molar-refractivity contribution in [3.63, 3.8) is 0 Å². The Morgan fingerprint density at radius 3 is 2.65 bits per heavy atom. The van der Waals surface area contributed by atoms with Crippen molar-refractivity contribution >= 4 is 5.97 Å². The minimum absolute atomic E-state index is 0. The third-order valence-corrected chi connectivity index (χ3v) is 4.77. The fourth-order valence-electron chi connectivity index (χ4n) is 3.64. The van der Waals surface area contributed by atoms with Gasteiger partial charge in [0.05, 0.1) is 6.42 Å². The van der Waals surface area contributed by atoms with Crippen molar-refractivity contribution in [1.82, 2.24) is 0 Å². The van der Waals surface area contributed by atoms with Crippen molar-refractivity contribution in [1.29, 1.82) is 0 Å². The molecule has 1 aromatic carbocycles. The maximum Gasteiger partial charge on any atom is 0.375 e. The second-order valence-electron chi connectivity index (χ2n) is 6.30. The van der Waals surface area contributed by atoms with Crippen LogP contribution in [-0.2, 0) is 19.1 Å². The van der Waals surface area contributed by atoms with E-state index in [1.165, 1.54) is 11.5 Å². The van der Waals surface area contributed by atoms with Crippen LogP contribution < -0.4 is 17.9 Å². The summed E-state index contributed by atoms with van der Waals surface area (Å²) in [6.45, 7) is 0. The number of halogens is 2. The third kappa shape index (κ3) is 2.74. The quantitative estimate of drug-likeness (QED) is 0.644. The molecule has 2 heterocycles. The number of quaternary nitrogens is 1. The molecular formula is C16H19ClFNO4. The molecule has 0 amide bonds. The predicted octanol–water partition coefficient (Wildman–Crippen LogP) is -1.30. The second-order valence-corrected chi connectivity index (χ2v) is 6.30. The van der Waals surface area contributed by atoms with Crippen LogP contribution in [0.15, 0.2) is 24.3 Å². The highest BCUT2D eigenvalue weighted by Crippen LogP contribution is 2.46. The van der Waals surface area contributed by atoms with Crippen LogP contribution in [0.4, 0.5) is 4.39 Å². The summed E-state index contributed by atoms with van der Waals surface area (Å²) in [5.41, 5.74) is 2.02. The molecule has 0 radical (unpaired) electrons. The Bertz CT molecular complexity index is 607. The van der Waals surface area contributed by atoms with Crippen LogP contribution in [0.3, 0.4) is 0 Å². The van der Waals surface area contributed by atoms with E-state index in [2.05, 4.69) is 0 Å². The maximum absolute atomic E-state index is 13.9. The number of carbonyl (C=O) groups excluding carboxylic acids is 1. The molecule has 3 fully saturated rings. The van der Waals surface area contributed by atoms with Crippen LogP contribution >= 0.6 is 0 Å². The molecule has 3 aliphatic rings. The Hall–Kier alpha value is -1.21. The predicted molar refractivity (Wildman–Crippen MR) is 72.5 cm³/mol. The van der Waals surface area contributed by atoms with E-state index in [4.69, 9.17) is 14.3 Å². The van der Waals surface area contributed by atoms with Gasteiger partial charge in [-0.15, -0.1) is 0 Å². The molecule has 0 aromatic heterocycles. The number of hydrogen-bond acceptors (Lipinski definition) is 4. The van der Waals surface area contributed by atoms with Crippen molar-refractivity contribution in [2.45, 2.75) is 56.1 Å². The summed E-state index contributed by atoms with van der Waals surface area (Å²) in [6.07, 6.45) is 4.74.